The summed E-state index contributed by atoms with van der Waals surface area (Å²) in [5, 5.41) is 0. The summed E-state index contributed by atoms with van der Waals surface area (Å²) in [5.41, 5.74) is 0. The Morgan fingerprint density at radius 2 is 1.64 bits per heavy atom. The predicted molar refractivity (Wildman–Crippen MR) is 112 cm³/mol. The smallest absolute Gasteiger partial charge is 0.326 e. The number of ether oxygens (including phenoxy) is 1. The van der Waals surface area contributed by atoms with Crippen molar-refractivity contribution < 1.29 is 19.1 Å². The molecule has 9 atom stereocenters. The van der Waals surface area contributed by atoms with Gasteiger partial charge in [-0.15, -0.1) is 0 Å². The van der Waals surface area contributed by atoms with Gasteiger partial charge in [0.1, 0.15) is 12.6 Å². The van der Waals surface area contributed by atoms with Crippen molar-refractivity contribution in [3.05, 3.63) is 0 Å². The highest BCUT2D eigenvalue weighted by Gasteiger charge is 2.66. The van der Waals surface area contributed by atoms with Crippen molar-refractivity contribution in [3.8, 4) is 0 Å². The quantitative estimate of drug-likeness (QED) is 0.323. The second kappa shape index (κ2) is 7.68. The Kier molecular flexibility index (Phi) is 5.71. The van der Waals surface area contributed by atoms with Crippen LogP contribution in [0.3, 0.4) is 0 Å². The molecule has 28 heavy (non-hydrogen) atoms. The van der Waals surface area contributed by atoms with Gasteiger partial charge in [0.25, 0.3) is 0 Å². The van der Waals surface area contributed by atoms with E-state index in [1.807, 2.05) is 0 Å². The van der Waals surface area contributed by atoms with Crippen LogP contribution >= 0.6 is 31.9 Å². The summed E-state index contributed by atoms with van der Waals surface area (Å²) in [6.45, 7) is 6.29. The first-order valence-corrected chi connectivity index (χ1v) is 12.4. The van der Waals surface area contributed by atoms with Gasteiger partial charge >= 0.3 is 5.97 Å². The molecule has 4 rings (SSSR count). The van der Waals surface area contributed by atoms with E-state index in [0.717, 1.165) is 25.7 Å². The first-order valence-electron chi connectivity index (χ1n) is 10.5. The van der Waals surface area contributed by atoms with E-state index in [4.69, 9.17) is 4.74 Å². The second-order valence-corrected chi connectivity index (χ2v) is 11.7. The van der Waals surface area contributed by atoms with Crippen LogP contribution in [0.4, 0.5) is 0 Å². The number of rotatable bonds is 4. The van der Waals surface area contributed by atoms with Gasteiger partial charge in [-0.05, 0) is 48.9 Å². The molecule has 3 aliphatic carbocycles. The van der Waals surface area contributed by atoms with Gasteiger partial charge in [0.2, 0.25) is 11.8 Å². The Bertz CT molecular complexity index is 651. The van der Waals surface area contributed by atoms with E-state index in [1.165, 1.54) is 4.90 Å². The number of amides is 2. The summed E-state index contributed by atoms with van der Waals surface area (Å²) in [5.74, 6) is 0.312. The molecule has 0 aromatic heterocycles. The van der Waals surface area contributed by atoms with Gasteiger partial charge in [0.15, 0.2) is 0 Å². The zero-order valence-electron chi connectivity index (χ0n) is 16.6. The van der Waals surface area contributed by atoms with Crippen molar-refractivity contribution in [3.63, 3.8) is 0 Å². The van der Waals surface area contributed by atoms with Crippen molar-refractivity contribution in [1.82, 2.24) is 4.90 Å². The van der Waals surface area contributed by atoms with Gasteiger partial charge in [-0.25, -0.2) is 0 Å². The van der Waals surface area contributed by atoms with E-state index in [0.29, 0.717) is 17.8 Å². The first kappa shape index (κ1) is 20.8. The standard InChI is InChI=1S/C21H29Br2NO4/c1-9(2)11-5-4-10(3)6-14(11)28-15(25)8-24-20(26)16-12-7-13(17(16)21(24)27)19(23)18(12)22/h9-14,16-19H,4-8H2,1-3H3/t10-,11+,12+,13+,14-,16-,17+,18-,19+/m1/s1. The maximum atomic E-state index is 13.0. The van der Waals surface area contributed by atoms with E-state index in [-0.39, 0.29) is 57.8 Å². The molecule has 0 aromatic carbocycles. The summed E-state index contributed by atoms with van der Waals surface area (Å²) in [6, 6.07) is 0. The molecule has 0 radical (unpaired) electrons. The van der Waals surface area contributed by atoms with Gasteiger partial charge in [0, 0.05) is 9.65 Å². The monoisotopic (exact) mass is 517 g/mol. The molecule has 0 aromatic rings. The van der Waals surface area contributed by atoms with Crippen LogP contribution in [0, 0.1) is 41.4 Å². The third kappa shape index (κ3) is 3.28. The Morgan fingerprint density at radius 1 is 1.07 bits per heavy atom. The Hall–Kier alpha value is -0.430. The Morgan fingerprint density at radius 3 is 2.18 bits per heavy atom. The zero-order chi connectivity index (χ0) is 20.3. The molecule has 0 unspecified atom stereocenters. The molecular weight excluding hydrogens is 490 g/mol. The first-order chi connectivity index (χ1) is 13.2. The molecule has 1 aliphatic heterocycles. The van der Waals surface area contributed by atoms with Crippen LogP contribution in [-0.4, -0.2) is 45.0 Å². The van der Waals surface area contributed by atoms with Gasteiger partial charge in [-0.2, -0.15) is 0 Å². The number of fused-ring (bicyclic) bond motifs is 5. The second-order valence-electron chi connectivity index (χ2n) is 9.62. The van der Waals surface area contributed by atoms with Crippen LogP contribution in [-0.2, 0) is 19.1 Å². The van der Waals surface area contributed by atoms with Gasteiger partial charge in [0.05, 0.1) is 11.8 Å². The number of likely N-dealkylation sites (tertiary alicyclic amines) is 1. The summed E-state index contributed by atoms with van der Waals surface area (Å²) >= 11 is 7.37. The number of nitrogens with zero attached hydrogens (tertiary/aromatic N) is 1. The lowest BCUT2D eigenvalue weighted by atomic mass is 9.75. The van der Waals surface area contributed by atoms with Gasteiger partial charge in [-0.1, -0.05) is 59.1 Å². The number of hydrogen-bond donors (Lipinski definition) is 0. The molecule has 0 N–H and O–H groups in total. The minimum absolute atomic E-state index is 0.112. The largest absolute Gasteiger partial charge is 0.461 e. The van der Waals surface area contributed by atoms with E-state index in [9.17, 15) is 14.4 Å². The molecule has 4 fully saturated rings. The molecule has 4 aliphatic rings. The molecule has 1 saturated heterocycles. The third-order valence-corrected chi connectivity index (χ3v) is 10.8. The molecule has 0 spiro atoms. The van der Waals surface area contributed by atoms with Crippen LogP contribution < -0.4 is 0 Å². The fourth-order valence-electron chi connectivity index (χ4n) is 6.15. The van der Waals surface area contributed by atoms with Crippen LogP contribution in [0.15, 0.2) is 0 Å². The van der Waals surface area contributed by atoms with Gasteiger partial charge < -0.3 is 4.74 Å². The minimum Gasteiger partial charge on any atom is -0.461 e. The fourth-order valence-corrected chi connectivity index (χ4v) is 8.03. The molecule has 7 heteroatoms. The van der Waals surface area contributed by atoms with Crippen molar-refractivity contribution in [2.24, 2.45) is 41.4 Å². The average Bonchev–Trinajstić information content (AvgIpc) is 3.22. The zero-order valence-corrected chi connectivity index (χ0v) is 19.8. The summed E-state index contributed by atoms with van der Waals surface area (Å²) in [4.78, 5) is 40.2. The van der Waals surface area contributed by atoms with Crippen LogP contribution in [0.1, 0.15) is 46.5 Å². The van der Waals surface area contributed by atoms with E-state index >= 15 is 0 Å². The van der Waals surface area contributed by atoms with Crippen molar-refractivity contribution in [2.45, 2.75) is 62.2 Å². The van der Waals surface area contributed by atoms with E-state index in [2.05, 4.69) is 52.6 Å². The van der Waals surface area contributed by atoms with Gasteiger partial charge in [-0.3, -0.25) is 19.3 Å². The predicted octanol–water partition coefficient (Wildman–Crippen LogP) is 3.77. The van der Waals surface area contributed by atoms with Crippen molar-refractivity contribution >= 4 is 49.6 Å². The number of carbonyl (C=O) groups excluding carboxylic acids is 3. The summed E-state index contributed by atoms with van der Waals surface area (Å²) in [7, 11) is 0. The lowest BCUT2D eigenvalue weighted by Crippen LogP contribution is -2.41. The molecule has 2 amide bonds. The molecule has 2 bridgehead atoms. The fraction of sp³-hybridized carbons (Fsp3) is 0.857. The highest BCUT2D eigenvalue weighted by atomic mass is 79.9. The van der Waals surface area contributed by atoms with Crippen molar-refractivity contribution in [2.75, 3.05) is 6.54 Å². The number of halogens is 2. The van der Waals surface area contributed by atoms with Crippen LogP contribution in [0.2, 0.25) is 0 Å². The van der Waals surface area contributed by atoms with Crippen molar-refractivity contribution in [1.29, 1.82) is 0 Å². The third-order valence-electron chi connectivity index (χ3n) is 7.61. The molecule has 3 saturated carbocycles. The number of alkyl halides is 2. The molecule has 156 valence electrons. The summed E-state index contributed by atoms with van der Waals surface area (Å²) < 4.78 is 5.82. The SMILES string of the molecule is CC(C)[C@@H]1CC[C@@H](C)C[C@H]1OC(=O)CN1C(=O)[C@@H]2[C@@H]3C[C@H]([C@H](Br)[C@@H]3Br)[C@@H]2C1=O. The van der Waals surface area contributed by atoms with Crippen LogP contribution in [0.5, 0.6) is 0 Å². The number of carbonyl (C=O) groups is 3. The topological polar surface area (TPSA) is 63.7 Å². The maximum Gasteiger partial charge on any atom is 0.326 e. The molecule has 1 heterocycles. The number of hydrogen-bond acceptors (Lipinski definition) is 4. The molecule has 5 nitrogen and oxygen atoms in total. The minimum atomic E-state index is -0.440. The Balaban J connectivity index is 1.43. The number of esters is 1. The molecular formula is C21H29Br2NO4. The lowest BCUT2D eigenvalue weighted by Gasteiger charge is -2.36. The Labute approximate surface area is 183 Å². The van der Waals surface area contributed by atoms with E-state index < -0.39 is 5.97 Å². The highest BCUT2D eigenvalue weighted by Crippen LogP contribution is 2.60. The summed E-state index contributed by atoms with van der Waals surface area (Å²) in [6.07, 6.45) is 3.87. The lowest BCUT2D eigenvalue weighted by molar-refractivity contribution is -0.162. The van der Waals surface area contributed by atoms with Crippen LogP contribution in [0.25, 0.3) is 0 Å². The number of imide groups is 1. The van der Waals surface area contributed by atoms with E-state index in [1.54, 1.807) is 0 Å². The normalized spacial score (nSPS) is 45.1. The highest BCUT2D eigenvalue weighted by molar-refractivity contribution is 9.12. The average molecular weight is 519 g/mol. The maximum absolute atomic E-state index is 13.0.